The van der Waals surface area contributed by atoms with Crippen LogP contribution in [0.2, 0.25) is 0 Å². The van der Waals surface area contributed by atoms with Crippen molar-refractivity contribution in [1.82, 2.24) is 0 Å². The first-order valence-corrected chi connectivity index (χ1v) is 8.33. The van der Waals surface area contributed by atoms with Gasteiger partial charge in [0.05, 0.1) is 0 Å². The molecule has 1 aliphatic rings. The molecule has 5 heteroatoms. The Morgan fingerprint density at radius 1 is 1.33 bits per heavy atom. The minimum Gasteiger partial charge on any atom is -0.330 e. The van der Waals surface area contributed by atoms with Crippen LogP contribution in [0.3, 0.4) is 0 Å². The van der Waals surface area contributed by atoms with Crippen LogP contribution in [0.25, 0.3) is 0 Å². The smallest absolute Gasteiger partial charge is 0.248 e. The second-order valence-corrected chi connectivity index (χ2v) is 6.69. The number of alkyl halides is 2. The fourth-order valence-electron chi connectivity index (χ4n) is 2.52. The van der Waals surface area contributed by atoms with E-state index in [9.17, 15) is 13.6 Å². The first-order chi connectivity index (χ1) is 10.00. The summed E-state index contributed by atoms with van der Waals surface area (Å²) in [5.74, 6) is -1.23. The summed E-state index contributed by atoms with van der Waals surface area (Å²) >= 11 is 1.65. The van der Waals surface area contributed by atoms with Crippen LogP contribution in [-0.2, 0) is 0 Å². The number of nitrogens with two attached hydrogens (primary N) is 1. The largest absolute Gasteiger partial charge is 0.330 e. The van der Waals surface area contributed by atoms with Gasteiger partial charge in [-0.25, -0.2) is 8.78 Å². The van der Waals surface area contributed by atoms with Crippen molar-refractivity contribution in [3.05, 3.63) is 29.8 Å². The molecule has 0 bridgehead atoms. The number of ketones is 1. The zero-order valence-electron chi connectivity index (χ0n) is 12.0. The minimum atomic E-state index is -2.46. The molecule has 0 aromatic heterocycles. The molecule has 0 amide bonds. The third-order valence-corrected chi connectivity index (χ3v) is 5.08. The molecule has 0 saturated heterocycles. The van der Waals surface area contributed by atoms with Crippen LogP contribution in [0.5, 0.6) is 0 Å². The average molecular weight is 313 g/mol. The van der Waals surface area contributed by atoms with E-state index in [0.717, 1.165) is 10.6 Å². The van der Waals surface area contributed by atoms with E-state index in [1.165, 1.54) is 0 Å². The molecule has 0 atom stereocenters. The van der Waals surface area contributed by atoms with Crippen LogP contribution in [-0.4, -0.2) is 24.0 Å². The molecule has 2 rings (SSSR count). The van der Waals surface area contributed by atoms with Crippen LogP contribution in [0.1, 0.15) is 42.5 Å². The quantitative estimate of drug-likeness (QED) is 0.634. The van der Waals surface area contributed by atoms with Crippen LogP contribution < -0.4 is 5.73 Å². The highest BCUT2D eigenvalue weighted by Crippen LogP contribution is 2.38. The fourth-order valence-corrected chi connectivity index (χ4v) is 3.66. The molecule has 2 nitrogen and oxygen atoms in total. The molecule has 21 heavy (non-hydrogen) atoms. The van der Waals surface area contributed by atoms with E-state index >= 15 is 0 Å². The first kappa shape index (κ1) is 16.4. The maximum atomic E-state index is 13.1. The van der Waals surface area contributed by atoms with E-state index in [0.29, 0.717) is 37.3 Å². The number of carbonyl (C=O) groups is 1. The van der Waals surface area contributed by atoms with Gasteiger partial charge in [-0.1, -0.05) is 12.1 Å². The van der Waals surface area contributed by atoms with Gasteiger partial charge in [0.1, 0.15) is 0 Å². The zero-order chi connectivity index (χ0) is 15.3. The average Bonchev–Trinajstić information content (AvgIpc) is 2.47. The summed E-state index contributed by atoms with van der Waals surface area (Å²) in [6.07, 6.45) is 1.55. The molecule has 1 aromatic carbocycles. The number of hydrogen-bond acceptors (Lipinski definition) is 3. The number of rotatable bonds is 6. The number of Topliss-reactive ketones (excluding diaryl/α,β-unsaturated/α-hetero) is 1. The van der Waals surface area contributed by atoms with Gasteiger partial charge in [0.15, 0.2) is 5.78 Å². The number of halogens is 2. The second-order valence-electron chi connectivity index (χ2n) is 5.60. The van der Waals surface area contributed by atoms with E-state index in [-0.39, 0.29) is 18.6 Å². The van der Waals surface area contributed by atoms with Crippen molar-refractivity contribution in [1.29, 1.82) is 0 Å². The van der Waals surface area contributed by atoms with Crippen LogP contribution in [0.4, 0.5) is 8.78 Å². The lowest BCUT2D eigenvalue weighted by molar-refractivity contribution is -0.0433. The first-order valence-electron chi connectivity index (χ1n) is 7.34. The van der Waals surface area contributed by atoms with Crippen molar-refractivity contribution < 1.29 is 13.6 Å². The van der Waals surface area contributed by atoms with Gasteiger partial charge in [0.2, 0.25) is 5.92 Å². The van der Waals surface area contributed by atoms with Crippen molar-refractivity contribution in [3.8, 4) is 0 Å². The van der Waals surface area contributed by atoms with E-state index in [4.69, 9.17) is 5.73 Å². The van der Waals surface area contributed by atoms with E-state index < -0.39 is 5.92 Å². The van der Waals surface area contributed by atoms with Gasteiger partial charge in [-0.05, 0) is 37.4 Å². The monoisotopic (exact) mass is 313 g/mol. The van der Waals surface area contributed by atoms with Crippen molar-refractivity contribution >= 4 is 17.5 Å². The molecule has 0 spiro atoms. The van der Waals surface area contributed by atoms with Gasteiger partial charge < -0.3 is 5.73 Å². The second kappa shape index (κ2) is 7.36. The Morgan fingerprint density at radius 2 is 2.05 bits per heavy atom. The number of hydrogen-bond donors (Lipinski definition) is 1. The molecular formula is C16H21F2NOS. The van der Waals surface area contributed by atoms with Gasteiger partial charge >= 0.3 is 0 Å². The summed E-state index contributed by atoms with van der Waals surface area (Å²) in [4.78, 5) is 12.8. The summed E-state index contributed by atoms with van der Waals surface area (Å²) in [7, 11) is 0. The normalized spacial score (nSPS) is 18.6. The predicted octanol–water partition coefficient (Wildman–Crippen LogP) is 4.14. The highest BCUT2D eigenvalue weighted by molar-refractivity contribution is 7.99. The van der Waals surface area contributed by atoms with Crippen molar-refractivity contribution in [2.24, 2.45) is 11.7 Å². The number of thioether (sulfide) groups is 1. The summed E-state index contributed by atoms with van der Waals surface area (Å²) in [5.41, 5.74) is 6.08. The van der Waals surface area contributed by atoms with Crippen molar-refractivity contribution in [2.45, 2.75) is 42.9 Å². The van der Waals surface area contributed by atoms with Crippen LogP contribution in [0.15, 0.2) is 29.2 Å². The third-order valence-electron chi connectivity index (χ3n) is 3.85. The van der Waals surface area contributed by atoms with E-state index in [1.54, 1.807) is 17.8 Å². The van der Waals surface area contributed by atoms with Crippen LogP contribution >= 0.6 is 11.8 Å². The molecule has 116 valence electrons. The van der Waals surface area contributed by atoms with Crippen LogP contribution in [0, 0.1) is 5.92 Å². The highest BCUT2D eigenvalue weighted by Gasteiger charge is 2.34. The Balaban J connectivity index is 1.86. The van der Waals surface area contributed by atoms with Gasteiger partial charge in [0.25, 0.3) is 0 Å². The van der Waals surface area contributed by atoms with Crippen molar-refractivity contribution in [2.75, 3.05) is 12.3 Å². The maximum absolute atomic E-state index is 13.1. The minimum absolute atomic E-state index is 0.00719. The number of benzene rings is 1. The maximum Gasteiger partial charge on any atom is 0.248 e. The molecule has 1 aliphatic carbocycles. The van der Waals surface area contributed by atoms with E-state index in [1.807, 2.05) is 18.2 Å². The molecule has 2 N–H and O–H groups in total. The highest BCUT2D eigenvalue weighted by atomic mass is 32.2. The molecular weight excluding hydrogens is 292 g/mol. The molecule has 0 radical (unpaired) electrons. The topological polar surface area (TPSA) is 43.1 Å². The molecule has 0 aliphatic heterocycles. The Kier molecular flexibility index (Phi) is 5.76. The summed E-state index contributed by atoms with van der Waals surface area (Å²) in [6, 6.07) is 7.49. The summed E-state index contributed by atoms with van der Waals surface area (Å²) in [6.45, 7) is 0.354. The summed E-state index contributed by atoms with van der Waals surface area (Å²) < 4.78 is 26.2. The molecule has 1 fully saturated rings. The molecule has 0 heterocycles. The SMILES string of the molecule is NCCC(=O)c1cccc(SCC2CCC(F)(F)CC2)c1. The Labute approximate surface area is 128 Å². The Morgan fingerprint density at radius 3 is 2.71 bits per heavy atom. The lowest BCUT2D eigenvalue weighted by atomic mass is 9.88. The lowest BCUT2D eigenvalue weighted by Crippen LogP contribution is -2.25. The van der Waals surface area contributed by atoms with Gasteiger partial charge in [-0.2, -0.15) is 0 Å². The fraction of sp³-hybridized carbons (Fsp3) is 0.562. The van der Waals surface area contributed by atoms with Gasteiger partial charge in [0, 0.05) is 35.5 Å². The third kappa shape index (κ3) is 5.08. The standard InChI is InChI=1S/C16H21F2NOS/c17-16(18)7-4-12(5-8-16)11-21-14-3-1-2-13(10-14)15(20)6-9-19/h1-3,10,12H,4-9,11,19H2. The Hall–Kier alpha value is -0.940. The molecule has 1 aromatic rings. The molecule has 0 unspecified atom stereocenters. The van der Waals surface area contributed by atoms with Crippen molar-refractivity contribution in [3.63, 3.8) is 0 Å². The lowest BCUT2D eigenvalue weighted by Gasteiger charge is -2.27. The zero-order valence-corrected chi connectivity index (χ0v) is 12.8. The Bertz CT molecular complexity index is 483. The predicted molar refractivity (Wildman–Crippen MR) is 82.1 cm³/mol. The van der Waals surface area contributed by atoms with Gasteiger partial charge in [-0.15, -0.1) is 11.8 Å². The van der Waals surface area contributed by atoms with Gasteiger partial charge in [-0.3, -0.25) is 4.79 Å². The van der Waals surface area contributed by atoms with E-state index in [2.05, 4.69) is 0 Å². The number of carbonyl (C=O) groups excluding carboxylic acids is 1. The summed E-state index contributed by atoms with van der Waals surface area (Å²) in [5, 5.41) is 0. The molecule has 1 saturated carbocycles.